The number of carbonyl (C=O) groups excluding carboxylic acids is 1. The Morgan fingerprint density at radius 3 is 2.91 bits per heavy atom. The third kappa shape index (κ3) is 4.56. The van der Waals surface area contributed by atoms with Gasteiger partial charge in [-0.15, -0.1) is 0 Å². The molecule has 122 valence electrons. The number of carbonyl (C=O) groups is 1. The predicted octanol–water partition coefficient (Wildman–Crippen LogP) is 1.71. The minimum Gasteiger partial charge on any atom is -0.493 e. The second-order valence-corrected chi connectivity index (χ2v) is 5.05. The first kappa shape index (κ1) is 16.5. The third-order valence-electron chi connectivity index (χ3n) is 3.53. The van der Waals surface area contributed by atoms with Crippen molar-refractivity contribution in [1.82, 2.24) is 10.6 Å². The number of hydrogen-bond acceptors (Lipinski definition) is 4. The zero-order valence-electron chi connectivity index (χ0n) is 12.4. The monoisotopic (exact) mass is 314 g/mol. The summed E-state index contributed by atoms with van der Waals surface area (Å²) in [6, 6.07) is 4.73. The van der Waals surface area contributed by atoms with Gasteiger partial charge in [0, 0.05) is 6.54 Å². The first-order chi connectivity index (χ1) is 10.6. The number of nitrogens with one attached hydrogen (secondary N) is 2. The second kappa shape index (κ2) is 7.93. The molecule has 0 radical (unpaired) electrons. The number of amides is 1. The highest BCUT2D eigenvalue weighted by molar-refractivity contribution is 5.81. The fraction of sp³-hybridized carbons (Fsp3) is 0.533. The Hall–Kier alpha value is -1.89. The van der Waals surface area contributed by atoms with Crippen molar-refractivity contribution < 1.29 is 23.0 Å². The minimum atomic E-state index is -2.91. The van der Waals surface area contributed by atoms with E-state index in [1.807, 2.05) is 0 Å². The number of rotatable bonds is 7. The molecule has 1 heterocycles. The Morgan fingerprint density at radius 1 is 1.45 bits per heavy atom. The smallest absolute Gasteiger partial charge is 0.387 e. The van der Waals surface area contributed by atoms with Crippen LogP contribution in [0, 0.1) is 0 Å². The maximum absolute atomic E-state index is 12.4. The second-order valence-electron chi connectivity index (χ2n) is 5.05. The van der Waals surface area contributed by atoms with Crippen LogP contribution in [-0.2, 0) is 11.2 Å². The number of alkyl halides is 2. The molecule has 1 amide bonds. The van der Waals surface area contributed by atoms with Gasteiger partial charge in [0.15, 0.2) is 11.5 Å². The van der Waals surface area contributed by atoms with Gasteiger partial charge in [0.05, 0.1) is 13.2 Å². The van der Waals surface area contributed by atoms with Crippen LogP contribution in [0.4, 0.5) is 8.78 Å². The molecule has 1 fully saturated rings. The van der Waals surface area contributed by atoms with E-state index >= 15 is 0 Å². The maximum Gasteiger partial charge on any atom is 0.387 e. The molecular formula is C15H20F2N2O3. The number of hydrogen-bond donors (Lipinski definition) is 2. The molecule has 1 aromatic rings. The van der Waals surface area contributed by atoms with E-state index < -0.39 is 6.61 Å². The summed E-state index contributed by atoms with van der Waals surface area (Å²) in [6.07, 6.45) is 2.38. The molecular weight excluding hydrogens is 294 g/mol. The van der Waals surface area contributed by atoms with Crippen LogP contribution in [0.2, 0.25) is 0 Å². The standard InChI is InChI=1S/C15H20F2N2O3/c1-21-12-5-4-10(9-13(12)22-15(16)17)6-8-19-14(20)11-3-2-7-18-11/h4-5,9,11,15,18H,2-3,6-8H2,1H3,(H,19,20). The highest BCUT2D eigenvalue weighted by Gasteiger charge is 2.21. The topological polar surface area (TPSA) is 59.6 Å². The van der Waals surface area contributed by atoms with Gasteiger partial charge >= 0.3 is 6.61 Å². The summed E-state index contributed by atoms with van der Waals surface area (Å²) < 4.78 is 34.1. The van der Waals surface area contributed by atoms with Crippen LogP contribution in [0.1, 0.15) is 18.4 Å². The van der Waals surface area contributed by atoms with Crippen LogP contribution in [0.5, 0.6) is 11.5 Å². The van der Waals surface area contributed by atoms with Crippen LogP contribution in [0.25, 0.3) is 0 Å². The first-order valence-corrected chi connectivity index (χ1v) is 7.23. The first-order valence-electron chi connectivity index (χ1n) is 7.23. The minimum absolute atomic E-state index is 0.00112. The summed E-state index contributed by atoms with van der Waals surface area (Å²) in [6.45, 7) is -1.60. The van der Waals surface area contributed by atoms with Crippen molar-refractivity contribution in [3.8, 4) is 11.5 Å². The molecule has 1 atom stereocenters. The van der Waals surface area contributed by atoms with Crippen molar-refractivity contribution in [2.75, 3.05) is 20.2 Å². The molecule has 0 spiro atoms. The molecule has 2 N–H and O–H groups in total. The highest BCUT2D eigenvalue weighted by Crippen LogP contribution is 2.29. The molecule has 1 unspecified atom stereocenters. The normalized spacial score (nSPS) is 17.5. The Balaban J connectivity index is 1.87. The Bertz CT molecular complexity index is 506. The van der Waals surface area contributed by atoms with Crippen molar-refractivity contribution in [1.29, 1.82) is 0 Å². The lowest BCUT2D eigenvalue weighted by Crippen LogP contribution is -2.41. The van der Waals surface area contributed by atoms with Crippen molar-refractivity contribution in [2.24, 2.45) is 0 Å². The van der Waals surface area contributed by atoms with Crippen LogP contribution in [-0.4, -0.2) is 38.8 Å². The fourth-order valence-corrected chi connectivity index (χ4v) is 2.43. The summed E-state index contributed by atoms with van der Waals surface area (Å²) in [4.78, 5) is 11.8. The van der Waals surface area contributed by atoms with E-state index in [9.17, 15) is 13.6 Å². The molecule has 0 saturated carbocycles. The number of ether oxygens (including phenoxy) is 2. The zero-order valence-corrected chi connectivity index (χ0v) is 12.4. The molecule has 0 aliphatic carbocycles. The fourth-order valence-electron chi connectivity index (χ4n) is 2.43. The number of benzene rings is 1. The van der Waals surface area contributed by atoms with Crippen LogP contribution in [0.3, 0.4) is 0 Å². The lowest BCUT2D eigenvalue weighted by Gasteiger charge is -2.13. The van der Waals surface area contributed by atoms with Gasteiger partial charge in [-0.25, -0.2) is 0 Å². The van der Waals surface area contributed by atoms with Gasteiger partial charge in [-0.3, -0.25) is 4.79 Å². The molecule has 1 aliphatic heterocycles. The summed E-state index contributed by atoms with van der Waals surface area (Å²) in [5.41, 5.74) is 0.788. The van der Waals surface area contributed by atoms with Crippen molar-refractivity contribution >= 4 is 5.91 Å². The molecule has 2 rings (SSSR count). The summed E-state index contributed by atoms with van der Waals surface area (Å²) in [5, 5.41) is 5.96. The molecule has 7 heteroatoms. The summed E-state index contributed by atoms with van der Waals surface area (Å²) in [5.74, 6) is 0.233. The average molecular weight is 314 g/mol. The van der Waals surface area contributed by atoms with Crippen LogP contribution in [0.15, 0.2) is 18.2 Å². The number of methoxy groups -OCH3 is 1. The Labute approximate surface area is 128 Å². The molecule has 1 aromatic carbocycles. The molecule has 1 aliphatic rings. The lowest BCUT2D eigenvalue weighted by atomic mass is 10.1. The zero-order chi connectivity index (χ0) is 15.9. The molecule has 0 aromatic heterocycles. The Morgan fingerprint density at radius 2 is 2.27 bits per heavy atom. The van der Waals surface area contributed by atoms with Crippen molar-refractivity contribution in [2.45, 2.75) is 31.9 Å². The lowest BCUT2D eigenvalue weighted by molar-refractivity contribution is -0.122. The largest absolute Gasteiger partial charge is 0.493 e. The van der Waals surface area contributed by atoms with E-state index in [1.54, 1.807) is 12.1 Å². The van der Waals surface area contributed by atoms with Crippen molar-refractivity contribution in [3.05, 3.63) is 23.8 Å². The molecule has 0 bridgehead atoms. The average Bonchev–Trinajstić information content (AvgIpc) is 3.01. The third-order valence-corrected chi connectivity index (χ3v) is 3.53. The summed E-state index contributed by atoms with van der Waals surface area (Å²) in [7, 11) is 1.39. The van der Waals surface area contributed by atoms with E-state index in [2.05, 4.69) is 15.4 Å². The van der Waals surface area contributed by atoms with Gasteiger partial charge in [0.25, 0.3) is 0 Å². The van der Waals surface area contributed by atoms with E-state index in [4.69, 9.17) is 4.74 Å². The van der Waals surface area contributed by atoms with Gasteiger partial charge in [-0.1, -0.05) is 6.07 Å². The number of halogens is 2. The van der Waals surface area contributed by atoms with E-state index in [1.165, 1.54) is 13.2 Å². The van der Waals surface area contributed by atoms with Crippen LogP contribution < -0.4 is 20.1 Å². The van der Waals surface area contributed by atoms with E-state index in [-0.39, 0.29) is 23.4 Å². The SMILES string of the molecule is COc1ccc(CCNC(=O)C2CCCN2)cc1OC(F)F. The molecule has 5 nitrogen and oxygen atoms in total. The van der Waals surface area contributed by atoms with Gasteiger partial charge in [-0.05, 0) is 43.5 Å². The van der Waals surface area contributed by atoms with Gasteiger partial charge in [-0.2, -0.15) is 8.78 Å². The molecule has 22 heavy (non-hydrogen) atoms. The predicted molar refractivity (Wildman–Crippen MR) is 77.4 cm³/mol. The quantitative estimate of drug-likeness (QED) is 0.804. The highest BCUT2D eigenvalue weighted by atomic mass is 19.3. The Kier molecular flexibility index (Phi) is 5.94. The van der Waals surface area contributed by atoms with Gasteiger partial charge < -0.3 is 20.1 Å². The van der Waals surface area contributed by atoms with Crippen molar-refractivity contribution in [3.63, 3.8) is 0 Å². The summed E-state index contributed by atoms with van der Waals surface area (Å²) >= 11 is 0. The van der Waals surface area contributed by atoms with E-state index in [0.29, 0.717) is 13.0 Å². The van der Waals surface area contributed by atoms with E-state index in [0.717, 1.165) is 24.9 Å². The van der Waals surface area contributed by atoms with Gasteiger partial charge in [0.2, 0.25) is 5.91 Å². The maximum atomic E-state index is 12.4. The van der Waals surface area contributed by atoms with Crippen LogP contribution >= 0.6 is 0 Å². The van der Waals surface area contributed by atoms with Gasteiger partial charge in [0.1, 0.15) is 0 Å². The molecule has 1 saturated heterocycles.